The third-order valence-electron chi connectivity index (χ3n) is 6.06. The number of amides is 1. The number of nitrogens with one attached hydrogen (secondary N) is 3. The maximum absolute atomic E-state index is 13.1. The van der Waals surface area contributed by atoms with E-state index in [2.05, 4.69) is 14.8 Å². The molecule has 0 aliphatic rings. The molecule has 0 radical (unpaired) electrons. The van der Waals surface area contributed by atoms with E-state index in [4.69, 9.17) is 0 Å². The summed E-state index contributed by atoms with van der Waals surface area (Å²) in [6, 6.07) is 22.5. The monoisotopic (exact) mass is 563 g/mol. The first-order valence-electron chi connectivity index (χ1n) is 12.1. The predicted molar refractivity (Wildman–Crippen MR) is 154 cm³/mol. The highest BCUT2D eigenvalue weighted by molar-refractivity contribution is 7.93. The summed E-state index contributed by atoms with van der Waals surface area (Å²) >= 11 is 0. The van der Waals surface area contributed by atoms with E-state index in [0.29, 0.717) is 22.6 Å². The fraction of sp³-hybridized carbons (Fsp3) is 0.138. The Balaban J connectivity index is 1.50. The lowest BCUT2D eigenvalue weighted by molar-refractivity contribution is 0.102. The topological polar surface area (TPSA) is 121 Å². The molecule has 39 heavy (non-hydrogen) atoms. The quantitative estimate of drug-likeness (QED) is 0.251. The van der Waals surface area contributed by atoms with Gasteiger partial charge in [0.25, 0.3) is 26.0 Å². The zero-order valence-corrected chi connectivity index (χ0v) is 23.6. The molecule has 202 valence electrons. The van der Waals surface area contributed by atoms with Crippen molar-refractivity contribution in [3.05, 3.63) is 113 Å². The van der Waals surface area contributed by atoms with Crippen LogP contribution in [-0.4, -0.2) is 22.7 Å². The number of rotatable bonds is 8. The minimum absolute atomic E-state index is 0.0180. The summed E-state index contributed by atoms with van der Waals surface area (Å²) in [5.41, 5.74) is 4.61. The molecule has 4 aromatic carbocycles. The van der Waals surface area contributed by atoms with Crippen LogP contribution in [0, 0.1) is 27.7 Å². The van der Waals surface area contributed by atoms with Crippen LogP contribution >= 0.6 is 0 Å². The second-order valence-electron chi connectivity index (χ2n) is 9.36. The number of anilines is 3. The van der Waals surface area contributed by atoms with Crippen LogP contribution in [0.15, 0.2) is 94.7 Å². The molecule has 0 aliphatic heterocycles. The Hall–Kier alpha value is -4.15. The van der Waals surface area contributed by atoms with Crippen LogP contribution in [0.1, 0.15) is 32.6 Å². The number of aryl methyl sites for hydroxylation is 4. The van der Waals surface area contributed by atoms with Crippen molar-refractivity contribution in [2.75, 3.05) is 14.8 Å². The molecule has 8 nitrogen and oxygen atoms in total. The summed E-state index contributed by atoms with van der Waals surface area (Å²) in [6.07, 6.45) is 0. The second-order valence-corrected chi connectivity index (χ2v) is 12.7. The smallest absolute Gasteiger partial charge is 0.262 e. The normalized spacial score (nSPS) is 11.6. The lowest BCUT2D eigenvalue weighted by Crippen LogP contribution is -2.17. The molecule has 0 aliphatic carbocycles. The fourth-order valence-corrected chi connectivity index (χ4v) is 6.45. The molecule has 0 bridgehead atoms. The van der Waals surface area contributed by atoms with Crippen LogP contribution in [0.5, 0.6) is 0 Å². The van der Waals surface area contributed by atoms with E-state index in [1.165, 1.54) is 36.4 Å². The van der Waals surface area contributed by atoms with E-state index < -0.39 is 26.0 Å². The number of carbonyl (C=O) groups excluding carboxylic acids is 1. The lowest BCUT2D eigenvalue weighted by atomic mass is 10.1. The largest absolute Gasteiger partial charge is 0.322 e. The first kappa shape index (κ1) is 27.9. The van der Waals surface area contributed by atoms with E-state index in [1.807, 2.05) is 39.0 Å². The van der Waals surface area contributed by atoms with Gasteiger partial charge in [0.05, 0.1) is 15.5 Å². The van der Waals surface area contributed by atoms with E-state index in [1.54, 1.807) is 37.3 Å². The number of sulfonamides is 2. The third-order valence-corrected chi connectivity index (χ3v) is 8.96. The number of hydrogen-bond acceptors (Lipinski definition) is 5. The minimum atomic E-state index is -3.95. The molecule has 1 amide bonds. The van der Waals surface area contributed by atoms with Gasteiger partial charge in [-0.05, 0) is 99.0 Å². The average Bonchev–Trinajstić information content (AvgIpc) is 2.86. The Morgan fingerprint density at radius 2 is 1.31 bits per heavy atom. The first-order valence-corrected chi connectivity index (χ1v) is 15.0. The molecule has 0 saturated carbocycles. The molecule has 0 heterocycles. The van der Waals surface area contributed by atoms with Crippen LogP contribution in [-0.2, 0) is 20.0 Å². The molecule has 0 saturated heterocycles. The van der Waals surface area contributed by atoms with E-state index in [-0.39, 0.29) is 15.4 Å². The highest BCUT2D eigenvalue weighted by atomic mass is 32.2. The molecule has 0 spiro atoms. The van der Waals surface area contributed by atoms with E-state index >= 15 is 0 Å². The standard InChI is InChI=1S/C29H29N3O5S2/c1-19-6-5-7-25(17-19)31-39(36,37)28-18-23(10-9-21(28)3)29(33)30-24-11-13-26(14-12-24)38(34,35)32-27-15-8-20(2)16-22(27)4/h5-18,31-32H,1-4H3,(H,30,33). The van der Waals surface area contributed by atoms with Crippen molar-refractivity contribution in [1.82, 2.24) is 0 Å². The van der Waals surface area contributed by atoms with Gasteiger partial charge in [-0.3, -0.25) is 14.2 Å². The van der Waals surface area contributed by atoms with Gasteiger partial charge in [0.1, 0.15) is 0 Å². The minimum Gasteiger partial charge on any atom is -0.322 e. The van der Waals surface area contributed by atoms with Crippen molar-refractivity contribution in [1.29, 1.82) is 0 Å². The molecule has 4 rings (SSSR count). The Morgan fingerprint density at radius 3 is 1.97 bits per heavy atom. The van der Waals surface area contributed by atoms with Gasteiger partial charge in [-0.15, -0.1) is 0 Å². The van der Waals surface area contributed by atoms with E-state index in [9.17, 15) is 21.6 Å². The second kappa shape index (κ2) is 10.9. The molecule has 4 aromatic rings. The Kier molecular flexibility index (Phi) is 7.80. The molecular weight excluding hydrogens is 534 g/mol. The lowest BCUT2D eigenvalue weighted by Gasteiger charge is -2.13. The van der Waals surface area contributed by atoms with Crippen molar-refractivity contribution in [3.8, 4) is 0 Å². The first-order chi connectivity index (χ1) is 18.3. The SMILES string of the molecule is Cc1cccc(NS(=O)(=O)c2cc(C(=O)Nc3ccc(S(=O)(=O)Nc4ccc(C)cc4C)cc3)ccc2C)c1. The van der Waals surface area contributed by atoms with Gasteiger partial charge < -0.3 is 5.32 Å². The van der Waals surface area contributed by atoms with Crippen molar-refractivity contribution in [2.24, 2.45) is 0 Å². The molecule has 0 fully saturated rings. The highest BCUT2D eigenvalue weighted by Gasteiger charge is 2.20. The Bertz CT molecular complexity index is 1770. The van der Waals surface area contributed by atoms with Crippen LogP contribution in [0.2, 0.25) is 0 Å². The van der Waals surface area contributed by atoms with Crippen molar-refractivity contribution in [3.63, 3.8) is 0 Å². The van der Waals surface area contributed by atoms with Crippen LogP contribution in [0.3, 0.4) is 0 Å². The third kappa shape index (κ3) is 6.65. The van der Waals surface area contributed by atoms with Crippen LogP contribution in [0.25, 0.3) is 0 Å². The summed E-state index contributed by atoms with van der Waals surface area (Å²) < 4.78 is 57.0. The van der Waals surface area contributed by atoms with Gasteiger partial charge >= 0.3 is 0 Å². The van der Waals surface area contributed by atoms with Gasteiger partial charge in [-0.1, -0.05) is 35.9 Å². The molecule has 0 atom stereocenters. The maximum Gasteiger partial charge on any atom is 0.262 e. The van der Waals surface area contributed by atoms with Crippen LogP contribution in [0.4, 0.5) is 17.1 Å². The molecule has 0 aromatic heterocycles. The van der Waals surface area contributed by atoms with Crippen molar-refractivity contribution >= 4 is 43.0 Å². The molecular formula is C29H29N3O5S2. The van der Waals surface area contributed by atoms with Gasteiger partial charge in [0.2, 0.25) is 0 Å². The van der Waals surface area contributed by atoms with Crippen molar-refractivity contribution in [2.45, 2.75) is 37.5 Å². The maximum atomic E-state index is 13.1. The van der Waals surface area contributed by atoms with Gasteiger partial charge in [0, 0.05) is 16.9 Å². The summed E-state index contributed by atoms with van der Waals surface area (Å²) in [7, 11) is -7.78. The highest BCUT2D eigenvalue weighted by Crippen LogP contribution is 2.24. The van der Waals surface area contributed by atoms with Gasteiger partial charge in [0.15, 0.2) is 0 Å². The number of hydrogen-bond donors (Lipinski definition) is 3. The predicted octanol–water partition coefficient (Wildman–Crippen LogP) is 5.77. The van der Waals surface area contributed by atoms with E-state index in [0.717, 1.165) is 16.7 Å². The van der Waals surface area contributed by atoms with Crippen molar-refractivity contribution < 1.29 is 21.6 Å². The molecule has 10 heteroatoms. The van der Waals surface area contributed by atoms with Gasteiger partial charge in [-0.25, -0.2) is 16.8 Å². The summed E-state index contributed by atoms with van der Waals surface area (Å²) in [5.74, 6) is -0.536. The molecule has 3 N–H and O–H groups in total. The fourth-order valence-electron chi connectivity index (χ4n) is 4.00. The average molecular weight is 564 g/mol. The number of benzene rings is 4. The Labute approximate surface area is 229 Å². The summed E-state index contributed by atoms with van der Waals surface area (Å²) in [4.78, 5) is 13.0. The Morgan fingerprint density at radius 1 is 0.615 bits per heavy atom. The summed E-state index contributed by atoms with van der Waals surface area (Å²) in [6.45, 7) is 7.26. The summed E-state index contributed by atoms with van der Waals surface area (Å²) in [5, 5.41) is 2.69. The van der Waals surface area contributed by atoms with Gasteiger partial charge in [-0.2, -0.15) is 0 Å². The molecule has 0 unspecified atom stereocenters. The number of carbonyl (C=O) groups is 1. The van der Waals surface area contributed by atoms with Crippen LogP contribution < -0.4 is 14.8 Å². The zero-order valence-electron chi connectivity index (χ0n) is 21.9. The zero-order chi connectivity index (χ0) is 28.4.